The minimum absolute atomic E-state index is 0.00637. The van der Waals surface area contributed by atoms with Crippen LogP contribution in [0.5, 0.6) is 11.5 Å². The summed E-state index contributed by atoms with van der Waals surface area (Å²) in [6.07, 6.45) is -0.230. The van der Waals surface area contributed by atoms with Gasteiger partial charge >= 0.3 is 11.9 Å². The third-order valence-corrected chi connectivity index (χ3v) is 8.15. The highest BCUT2D eigenvalue weighted by Crippen LogP contribution is 2.37. The van der Waals surface area contributed by atoms with Gasteiger partial charge in [-0.2, -0.15) is 0 Å². The molecule has 292 valence electrons. The predicted octanol–water partition coefficient (Wildman–Crippen LogP) is 8.40. The van der Waals surface area contributed by atoms with Gasteiger partial charge in [-0.15, -0.1) is 0 Å². The molecule has 3 amide bonds. The van der Waals surface area contributed by atoms with Gasteiger partial charge in [0.1, 0.15) is 19.8 Å². The van der Waals surface area contributed by atoms with E-state index in [1.165, 1.54) is 50.2 Å². The average molecular weight is 843 g/mol. The quantitative estimate of drug-likeness (QED) is 0.0884. The average Bonchev–Trinajstić information content (AvgIpc) is 3.06. The summed E-state index contributed by atoms with van der Waals surface area (Å²) >= 11 is 24.4. The van der Waals surface area contributed by atoms with Crippen LogP contribution in [0.2, 0.25) is 20.1 Å². The number of nitrogens with one attached hydrogen (secondary N) is 3. The van der Waals surface area contributed by atoms with E-state index in [4.69, 9.17) is 66.1 Å². The molecule has 0 atom stereocenters. The van der Waals surface area contributed by atoms with Gasteiger partial charge in [0.25, 0.3) is 5.91 Å². The highest BCUT2D eigenvalue weighted by atomic mass is 35.5. The molecule has 0 radical (unpaired) electrons. The third-order valence-electron chi connectivity index (χ3n) is 7.02. The van der Waals surface area contributed by atoms with Crippen LogP contribution < -0.4 is 25.4 Å². The van der Waals surface area contributed by atoms with Crippen LogP contribution in [-0.4, -0.2) is 46.4 Å². The zero-order chi connectivity index (χ0) is 41.1. The number of ether oxygens (including phenoxy) is 2. The van der Waals surface area contributed by atoms with Crippen LogP contribution in [0.15, 0.2) is 48.5 Å². The topological polar surface area (TPSA) is 180 Å². The fourth-order valence-corrected chi connectivity index (χ4v) is 6.11. The SMILES string of the molecule is CC(=O)Nc1cc(C)cc(COc2c(Cl)cc(C(=O)NCC(=O)O)cc2Cl)c1F.CC(=O)Nc1cc(C)cc(COc2c(Cl)cc(CC(=O)O)cc2Cl)c1F. The molecule has 0 aromatic heterocycles. The lowest BCUT2D eigenvalue weighted by molar-refractivity contribution is -0.137. The first-order chi connectivity index (χ1) is 25.7. The normalized spacial score (nSPS) is 10.4. The van der Waals surface area contributed by atoms with Gasteiger partial charge in [-0.1, -0.05) is 46.4 Å². The maximum absolute atomic E-state index is 14.6. The van der Waals surface area contributed by atoms with Crippen LogP contribution in [-0.2, 0) is 38.8 Å². The zero-order valence-electron chi connectivity index (χ0n) is 29.5. The second kappa shape index (κ2) is 20.0. The highest BCUT2D eigenvalue weighted by molar-refractivity contribution is 6.38. The number of hydrogen-bond acceptors (Lipinski definition) is 7. The Bertz CT molecular complexity index is 2110. The summed E-state index contributed by atoms with van der Waals surface area (Å²) in [6, 6.07) is 11.5. The number of carbonyl (C=O) groups is 5. The van der Waals surface area contributed by atoms with Crippen LogP contribution >= 0.6 is 46.4 Å². The summed E-state index contributed by atoms with van der Waals surface area (Å²) in [5.41, 5.74) is 2.39. The van der Waals surface area contributed by atoms with Crippen molar-refractivity contribution in [3.8, 4) is 11.5 Å². The number of hydrogen-bond donors (Lipinski definition) is 5. The lowest BCUT2D eigenvalue weighted by Crippen LogP contribution is -2.29. The van der Waals surface area contributed by atoms with Crippen molar-refractivity contribution >= 4 is 87.4 Å². The molecule has 0 bridgehead atoms. The first-order valence-corrected chi connectivity index (χ1v) is 17.3. The van der Waals surface area contributed by atoms with E-state index in [2.05, 4.69) is 16.0 Å². The molecular weight excluding hydrogens is 810 g/mol. The summed E-state index contributed by atoms with van der Waals surface area (Å²) in [7, 11) is 0. The zero-order valence-corrected chi connectivity index (χ0v) is 32.5. The molecule has 0 aliphatic heterocycles. The summed E-state index contributed by atoms with van der Waals surface area (Å²) in [6.45, 7) is 5.09. The summed E-state index contributed by atoms with van der Waals surface area (Å²) in [5, 5.41) is 24.7. The Morgan fingerprint density at radius 2 is 1.04 bits per heavy atom. The van der Waals surface area contributed by atoms with E-state index in [0.29, 0.717) is 11.1 Å². The standard InChI is InChI=1S/C19H17Cl2FN2O5.C18H16Cl2FNO4/c1-9-3-12(17(22)15(4-9)24-10(2)25)8-29-18-13(20)5-11(6-14(18)21)19(28)23-7-16(26)27;1-9-3-12(17(21)15(4-9)22-10(2)23)8-26-18-13(19)5-11(6-14(18)20)7-16(24)25/h3-6H,7-8H2,1-2H3,(H,23,28)(H,24,25)(H,26,27);3-6H,7-8H2,1-2H3,(H,22,23)(H,24,25). The van der Waals surface area contributed by atoms with Crippen molar-refractivity contribution in [2.45, 2.75) is 47.3 Å². The Kier molecular flexibility index (Phi) is 16.1. The van der Waals surface area contributed by atoms with Gasteiger partial charge in [0.05, 0.1) is 37.9 Å². The van der Waals surface area contributed by atoms with Crippen molar-refractivity contribution in [3.05, 3.63) is 114 Å². The highest BCUT2D eigenvalue weighted by Gasteiger charge is 2.18. The predicted molar refractivity (Wildman–Crippen MR) is 204 cm³/mol. The van der Waals surface area contributed by atoms with E-state index < -0.39 is 41.9 Å². The van der Waals surface area contributed by atoms with Gasteiger partial charge in [-0.05, 0) is 79.1 Å². The van der Waals surface area contributed by atoms with Crippen molar-refractivity contribution in [2.24, 2.45) is 0 Å². The fourth-order valence-electron chi connectivity index (χ4n) is 4.87. The van der Waals surface area contributed by atoms with Crippen LogP contribution in [0.1, 0.15) is 52.0 Å². The van der Waals surface area contributed by atoms with Gasteiger partial charge < -0.3 is 35.6 Å². The summed E-state index contributed by atoms with van der Waals surface area (Å²) < 4.78 is 40.2. The molecule has 55 heavy (non-hydrogen) atoms. The Morgan fingerprint density at radius 1 is 0.636 bits per heavy atom. The molecule has 0 saturated carbocycles. The molecule has 0 aliphatic rings. The molecule has 12 nitrogen and oxygen atoms in total. The van der Waals surface area contributed by atoms with Crippen molar-refractivity contribution < 1.29 is 52.4 Å². The lowest BCUT2D eigenvalue weighted by atomic mass is 10.1. The summed E-state index contributed by atoms with van der Waals surface area (Å²) in [4.78, 5) is 55.6. The van der Waals surface area contributed by atoms with E-state index in [0.717, 1.165) is 5.56 Å². The molecule has 0 fully saturated rings. The van der Waals surface area contributed by atoms with Gasteiger partial charge in [0.15, 0.2) is 23.1 Å². The van der Waals surface area contributed by atoms with Gasteiger partial charge in [0, 0.05) is 30.5 Å². The van der Waals surface area contributed by atoms with Crippen molar-refractivity contribution in [2.75, 3.05) is 17.2 Å². The van der Waals surface area contributed by atoms with Gasteiger partial charge in [-0.25, -0.2) is 8.78 Å². The first kappa shape index (κ1) is 44.2. The third kappa shape index (κ3) is 13.3. The monoisotopic (exact) mass is 841 g/mol. The number of benzene rings is 4. The minimum atomic E-state index is -1.20. The first-order valence-electron chi connectivity index (χ1n) is 15.8. The molecule has 18 heteroatoms. The molecule has 0 saturated heterocycles. The number of carbonyl (C=O) groups excluding carboxylic acids is 3. The van der Waals surface area contributed by atoms with E-state index >= 15 is 0 Å². The molecule has 0 heterocycles. The molecule has 0 aliphatic carbocycles. The van der Waals surface area contributed by atoms with Crippen LogP contribution in [0, 0.1) is 25.5 Å². The van der Waals surface area contributed by atoms with Crippen LogP contribution in [0.25, 0.3) is 0 Å². The lowest BCUT2D eigenvalue weighted by Gasteiger charge is -2.14. The minimum Gasteiger partial charge on any atom is -0.486 e. The number of carboxylic acids is 2. The number of aryl methyl sites for hydroxylation is 2. The van der Waals surface area contributed by atoms with Gasteiger partial charge in [-0.3, -0.25) is 24.0 Å². The van der Waals surface area contributed by atoms with E-state index in [1.807, 2.05) is 0 Å². The van der Waals surface area contributed by atoms with Crippen LogP contribution in [0.4, 0.5) is 20.2 Å². The maximum atomic E-state index is 14.6. The van der Waals surface area contributed by atoms with E-state index in [-0.39, 0.29) is 85.2 Å². The number of carboxylic acid groups (broad SMARTS) is 2. The molecular formula is C37H33Cl4F2N3O9. The van der Waals surface area contributed by atoms with Crippen LogP contribution in [0.3, 0.4) is 0 Å². The Hall–Kier alpha value is -5.15. The fraction of sp³-hybridized carbons (Fsp3) is 0.216. The number of halogens is 6. The maximum Gasteiger partial charge on any atom is 0.322 e. The molecule has 5 N–H and O–H groups in total. The number of anilines is 2. The van der Waals surface area contributed by atoms with Crippen molar-refractivity contribution in [1.29, 1.82) is 0 Å². The van der Waals surface area contributed by atoms with Gasteiger partial charge in [0.2, 0.25) is 11.8 Å². The van der Waals surface area contributed by atoms with E-state index in [1.54, 1.807) is 26.0 Å². The molecule has 4 aromatic carbocycles. The Labute approximate surface area is 333 Å². The second-order valence-corrected chi connectivity index (χ2v) is 13.4. The molecule has 4 aromatic rings. The number of rotatable bonds is 13. The number of aliphatic carboxylic acids is 2. The molecule has 0 unspecified atom stereocenters. The number of amides is 3. The largest absolute Gasteiger partial charge is 0.486 e. The second-order valence-electron chi connectivity index (χ2n) is 11.8. The van der Waals surface area contributed by atoms with E-state index in [9.17, 15) is 32.8 Å². The smallest absolute Gasteiger partial charge is 0.322 e. The summed E-state index contributed by atoms with van der Waals surface area (Å²) in [5.74, 6) is -4.79. The van der Waals surface area contributed by atoms with Crippen molar-refractivity contribution in [3.63, 3.8) is 0 Å². The Morgan fingerprint density at radius 3 is 1.40 bits per heavy atom. The molecule has 4 rings (SSSR count). The molecule has 0 spiro atoms. The Balaban J connectivity index is 0.000000297. The van der Waals surface area contributed by atoms with Crippen molar-refractivity contribution in [1.82, 2.24) is 5.32 Å².